The van der Waals surface area contributed by atoms with Gasteiger partial charge in [-0.2, -0.15) is 0 Å². The zero-order valence-corrected chi connectivity index (χ0v) is 11.5. The molecule has 0 spiro atoms. The predicted molar refractivity (Wildman–Crippen MR) is 73.6 cm³/mol. The molecule has 0 atom stereocenters. The molecule has 1 aromatic heterocycles. The summed E-state index contributed by atoms with van der Waals surface area (Å²) in [6.07, 6.45) is 0. The van der Waals surface area contributed by atoms with Crippen molar-refractivity contribution >= 4 is 51.3 Å². The fourth-order valence-corrected chi connectivity index (χ4v) is 2.75. The zero-order chi connectivity index (χ0) is 13.3. The Hall–Kier alpha value is -1.30. The summed E-state index contributed by atoms with van der Waals surface area (Å²) in [7, 11) is 0. The third kappa shape index (κ3) is 2.93. The van der Waals surface area contributed by atoms with Crippen molar-refractivity contribution in [2.24, 2.45) is 0 Å². The van der Waals surface area contributed by atoms with Crippen LogP contribution in [-0.2, 0) is 0 Å². The van der Waals surface area contributed by atoms with Gasteiger partial charge in [-0.3, -0.25) is 0 Å². The molecule has 1 heterocycles. The summed E-state index contributed by atoms with van der Waals surface area (Å²) in [6.45, 7) is 1.71. The van der Waals surface area contributed by atoms with E-state index >= 15 is 0 Å². The first-order valence-electron chi connectivity index (χ1n) is 4.89. The van der Waals surface area contributed by atoms with Crippen molar-refractivity contribution in [1.29, 1.82) is 0 Å². The molecule has 0 amide bonds. The van der Waals surface area contributed by atoms with Crippen LogP contribution in [0.15, 0.2) is 18.2 Å². The third-order valence-electron chi connectivity index (χ3n) is 2.11. The average Bonchev–Trinajstić information content (AvgIpc) is 2.57. The molecule has 4 nitrogen and oxygen atoms in total. The number of carboxylic acids is 1. The van der Waals surface area contributed by atoms with E-state index in [9.17, 15) is 4.79 Å². The molecule has 7 heteroatoms. The molecule has 2 aromatic rings. The number of anilines is 2. The number of hydrogen-bond acceptors (Lipinski definition) is 4. The van der Waals surface area contributed by atoms with Crippen LogP contribution >= 0.6 is 34.5 Å². The Labute approximate surface area is 117 Å². The number of aromatic carboxylic acids is 1. The highest BCUT2D eigenvalue weighted by molar-refractivity contribution is 7.15. The number of carbonyl (C=O) groups is 1. The van der Waals surface area contributed by atoms with Gasteiger partial charge in [0.15, 0.2) is 10.8 Å². The Morgan fingerprint density at radius 3 is 2.44 bits per heavy atom. The molecule has 0 fully saturated rings. The Kier molecular flexibility index (Phi) is 3.75. The van der Waals surface area contributed by atoms with E-state index in [1.165, 1.54) is 11.3 Å². The van der Waals surface area contributed by atoms with Crippen LogP contribution in [0, 0.1) is 6.92 Å². The lowest BCUT2D eigenvalue weighted by Gasteiger charge is -2.03. The predicted octanol–water partition coefficient (Wildman–Crippen LogP) is 4.20. The van der Waals surface area contributed by atoms with Gasteiger partial charge in [-0.15, -0.1) is 11.3 Å². The molecule has 0 bridgehead atoms. The molecule has 2 rings (SSSR count). The highest BCUT2D eigenvalue weighted by atomic mass is 35.5. The van der Waals surface area contributed by atoms with Gasteiger partial charge in [-0.05, 0) is 25.1 Å². The first kappa shape index (κ1) is 13.1. The number of benzene rings is 1. The van der Waals surface area contributed by atoms with Gasteiger partial charge in [0.05, 0.1) is 0 Å². The van der Waals surface area contributed by atoms with E-state index in [2.05, 4.69) is 10.3 Å². The first-order chi connectivity index (χ1) is 8.45. The van der Waals surface area contributed by atoms with Crippen LogP contribution in [0.5, 0.6) is 0 Å². The van der Waals surface area contributed by atoms with Gasteiger partial charge >= 0.3 is 5.97 Å². The van der Waals surface area contributed by atoms with Crippen molar-refractivity contribution in [3.63, 3.8) is 0 Å². The van der Waals surface area contributed by atoms with Gasteiger partial charge < -0.3 is 10.4 Å². The maximum absolute atomic E-state index is 10.9. The summed E-state index contributed by atoms with van der Waals surface area (Å²) < 4.78 is 0. The van der Waals surface area contributed by atoms with Crippen LogP contribution < -0.4 is 5.32 Å². The summed E-state index contributed by atoms with van der Waals surface area (Å²) in [5.41, 5.74) is 0.716. The van der Waals surface area contributed by atoms with Crippen molar-refractivity contribution in [2.45, 2.75) is 6.92 Å². The molecule has 0 unspecified atom stereocenters. The Morgan fingerprint density at radius 2 is 1.94 bits per heavy atom. The second kappa shape index (κ2) is 5.14. The smallest absolute Gasteiger partial charge is 0.355 e. The number of hydrogen-bond donors (Lipinski definition) is 2. The maximum atomic E-state index is 10.9. The quantitative estimate of drug-likeness (QED) is 0.892. The Balaban J connectivity index is 2.28. The number of rotatable bonds is 3. The van der Waals surface area contributed by atoms with Crippen LogP contribution in [0.25, 0.3) is 0 Å². The van der Waals surface area contributed by atoms with Crippen LogP contribution in [0.3, 0.4) is 0 Å². The van der Waals surface area contributed by atoms with E-state index < -0.39 is 5.97 Å². The number of nitrogens with zero attached hydrogens (tertiary/aromatic N) is 1. The SMILES string of the molecule is Cc1sc(Nc2cc(Cl)cc(Cl)c2)nc1C(=O)O. The van der Waals surface area contributed by atoms with E-state index in [1.54, 1.807) is 25.1 Å². The van der Waals surface area contributed by atoms with Crippen molar-refractivity contribution in [3.8, 4) is 0 Å². The van der Waals surface area contributed by atoms with Gasteiger partial charge in [0.1, 0.15) is 0 Å². The van der Waals surface area contributed by atoms with Crippen LogP contribution in [0.4, 0.5) is 10.8 Å². The van der Waals surface area contributed by atoms with E-state index in [-0.39, 0.29) is 5.69 Å². The number of nitrogens with one attached hydrogen (secondary N) is 1. The number of halogens is 2. The van der Waals surface area contributed by atoms with Crippen LogP contribution in [-0.4, -0.2) is 16.1 Å². The van der Waals surface area contributed by atoms with Gasteiger partial charge in [0, 0.05) is 20.6 Å². The number of aryl methyl sites for hydroxylation is 1. The minimum atomic E-state index is -1.04. The lowest BCUT2D eigenvalue weighted by atomic mass is 10.3. The molecule has 0 aliphatic carbocycles. The summed E-state index contributed by atoms with van der Waals surface area (Å²) in [5.74, 6) is -1.04. The van der Waals surface area contributed by atoms with E-state index in [1.807, 2.05) is 0 Å². The average molecular weight is 303 g/mol. The molecular formula is C11H8Cl2N2O2S. The largest absolute Gasteiger partial charge is 0.476 e. The van der Waals surface area contributed by atoms with Gasteiger partial charge in [0.25, 0.3) is 0 Å². The molecule has 0 aliphatic rings. The minimum absolute atomic E-state index is 0.0515. The molecule has 1 aromatic carbocycles. The standard InChI is InChI=1S/C11H8Cl2N2O2S/c1-5-9(10(16)17)15-11(18-5)14-8-3-6(12)2-7(13)4-8/h2-4H,1H3,(H,14,15)(H,16,17). The van der Waals surface area contributed by atoms with Crippen molar-refractivity contribution < 1.29 is 9.90 Å². The summed E-state index contributed by atoms with van der Waals surface area (Å²) >= 11 is 13.0. The zero-order valence-electron chi connectivity index (χ0n) is 9.20. The first-order valence-corrected chi connectivity index (χ1v) is 6.47. The summed E-state index contributed by atoms with van der Waals surface area (Å²) in [5, 5.41) is 13.4. The third-order valence-corrected chi connectivity index (χ3v) is 3.44. The lowest BCUT2D eigenvalue weighted by Crippen LogP contribution is -1.99. The normalized spacial score (nSPS) is 10.4. The van der Waals surface area contributed by atoms with Gasteiger partial charge in [-0.1, -0.05) is 23.2 Å². The van der Waals surface area contributed by atoms with Crippen molar-refractivity contribution in [2.75, 3.05) is 5.32 Å². The highest BCUT2D eigenvalue weighted by Gasteiger charge is 2.14. The maximum Gasteiger partial charge on any atom is 0.355 e. The van der Waals surface area contributed by atoms with Gasteiger partial charge in [0.2, 0.25) is 0 Å². The fraction of sp³-hybridized carbons (Fsp3) is 0.0909. The molecule has 0 saturated heterocycles. The van der Waals surface area contributed by atoms with Gasteiger partial charge in [-0.25, -0.2) is 9.78 Å². The molecular weight excluding hydrogens is 295 g/mol. The van der Waals surface area contributed by atoms with Crippen LogP contribution in [0.2, 0.25) is 10.0 Å². The molecule has 0 aliphatic heterocycles. The summed E-state index contributed by atoms with van der Waals surface area (Å²) in [6, 6.07) is 4.99. The molecule has 0 saturated carbocycles. The fourth-order valence-electron chi connectivity index (χ4n) is 1.40. The number of carboxylic acid groups (broad SMARTS) is 1. The van der Waals surface area contributed by atoms with E-state index in [0.29, 0.717) is 25.7 Å². The Bertz CT molecular complexity index is 593. The lowest BCUT2D eigenvalue weighted by molar-refractivity contribution is 0.0690. The monoisotopic (exact) mass is 302 g/mol. The molecule has 94 valence electrons. The topological polar surface area (TPSA) is 62.2 Å². The minimum Gasteiger partial charge on any atom is -0.476 e. The van der Waals surface area contributed by atoms with E-state index in [0.717, 1.165) is 0 Å². The number of aromatic nitrogens is 1. The molecule has 2 N–H and O–H groups in total. The van der Waals surface area contributed by atoms with Crippen LogP contribution in [0.1, 0.15) is 15.4 Å². The highest BCUT2D eigenvalue weighted by Crippen LogP contribution is 2.28. The second-order valence-corrected chi connectivity index (χ2v) is 5.59. The molecule has 0 radical (unpaired) electrons. The second-order valence-electron chi connectivity index (χ2n) is 3.51. The van der Waals surface area contributed by atoms with Crippen molar-refractivity contribution in [1.82, 2.24) is 4.98 Å². The molecule has 18 heavy (non-hydrogen) atoms. The van der Waals surface area contributed by atoms with E-state index in [4.69, 9.17) is 28.3 Å². The Morgan fingerprint density at radius 1 is 1.33 bits per heavy atom. The van der Waals surface area contributed by atoms with Crippen molar-refractivity contribution in [3.05, 3.63) is 38.8 Å². The summed E-state index contributed by atoms with van der Waals surface area (Å²) in [4.78, 5) is 15.5. The number of thiazole rings is 1.